The van der Waals surface area contributed by atoms with Gasteiger partial charge in [0.05, 0.1) is 10.5 Å². The van der Waals surface area contributed by atoms with E-state index in [0.29, 0.717) is 5.69 Å². The Morgan fingerprint density at radius 3 is 2.54 bits per heavy atom. The number of aromatic carboxylic acids is 1. The van der Waals surface area contributed by atoms with Gasteiger partial charge in [0.15, 0.2) is 0 Å². The minimum Gasteiger partial charge on any atom is -0.478 e. The Morgan fingerprint density at radius 2 is 1.96 bits per heavy atom. The minimum atomic E-state index is -3.71. The van der Waals surface area contributed by atoms with Gasteiger partial charge in [-0.15, -0.1) is 0 Å². The molecule has 0 radical (unpaired) electrons. The third kappa shape index (κ3) is 4.70. The van der Waals surface area contributed by atoms with E-state index < -0.39 is 16.0 Å². The van der Waals surface area contributed by atoms with Crippen LogP contribution in [0, 0.1) is 0 Å². The van der Waals surface area contributed by atoms with Crippen LogP contribution >= 0.6 is 0 Å². The molecule has 1 aromatic rings. The highest BCUT2D eigenvalue weighted by Gasteiger charge is 2.24. The van der Waals surface area contributed by atoms with Gasteiger partial charge in [-0.1, -0.05) is 26.2 Å². The standard InChI is InChI=1S/C17H26N2O4S/c1-3-12(2)18-16-10-9-14(11-15(16)17(20)21)24(22,23)19-13-7-5-4-6-8-13/h9-13,18-19H,3-8H2,1-2H3,(H,20,21)/t12-/m0/s1. The molecule has 1 saturated carbocycles. The van der Waals surface area contributed by atoms with Gasteiger partial charge < -0.3 is 10.4 Å². The summed E-state index contributed by atoms with van der Waals surface area (Å²) in [5.41, 5.74) is 0.412. The number of sulfonamides is 1. The Labute approximate surface area is 143 Å². The molecular weight excluding hydrogens is 328 g/mol. The van der Waals surface area contributed by atoms with Crippen LogP contribution in [0.25, 0.3) is 0 Å². The molecule has 1 aromatic carbocycles. The maximum Gasteiger partial charge on any atom is 0.337 e. The predicted molar refractivity (Wildman–Crippen MR) is 94.0 cm³/mol. The molecule has 7 heteroatoms. The van der Waals surface area contributed by atoms with Crippen molar-refractivity contribution >= 4 is 21.7 Å². The number of hydrogen-bond acceptors (Lipinski definition) is 4. The Morgan fingerprint density at radius 1 is 1.29 bits per heavy atom. The SMILES string of the molecule is CC[C@H](C)Nc1ccc(S(=O)(=O)NC2CCCCC2)cc1C(=O)O. The summed E-state index contributed by atoms with van der Waals surface area (Å²) in [7, 11) is -3.71. The van der Waals surface area contributed by atoms with Crippen molar-refractivity contribution in [1.29, 1.82) is 0 Å². The molecule has 1 aliphatic carbocycles. The average Bonchev–Trinajstić information content (AvgIpc) is 2.55. The highest BCUT2D eigenvalue weighted by atomic mass is 32.2. The van der Waals surface area contributed by atoms with Gasteiger partial charge in [0.2, 0.25) is 10.0 Å². The van der Waals surface area contributed by atoms with Crippen molar-refractivity contribution in [3.63, 3.8) is 0 Å². The van der Waals surface area contributed by atoms with E-state index in [1.54, 1.807) is 0 Å². The fourth-order valence-electron chi connectivity index (χ4n) is 2.87. The molecular formula is C17H26N2O4S. The molecule has 0 spiro atoms. The monoisotopic (exact) mass is 354 g/mol. The smallest absolute Gasteiger partial charge is 0.337 e. The lowest BCUT2D eigenvalue weighted by Crippen LogP contribution is -2.36. The third-order valence-electron chi connectivity index (χ3n) is 4.47. The number of nitrogens with one attached hydrogen (secondary N) is 2. The molecule has 6 nitrogen and oxygen atoms in total. The second kappa shape index (κ2) is 7.98. The van der Waals surface area contributed by atoms with Crippen molar-refractivity contribution in [2.75, 3.05) is 5.32 Å². The minimum absolute atomic E-state index is 0.000162. The first kappa shape index (κ1) is 18.7. The Hall–Kier alpha value is -1.60. The maximum absolute atomic E-state index is 12.5. The molecule has 0 bridgehead atoms. The largest absolute Gasteiger partial charge is 0.478 e. The number of carboxylic acid groups (broad SMARTS) is 1. The lowest BCUT2D eigenvalue weighted by molar-refractivity contribution is 0.0697. The van der Waals surface area contributed by atoms with Crippen LogP contribution in [0.3, 0.4) is 0 Å². The van der Waals surface area contributed by atoms with E-state index in [4.69, 9.17) is 0 Å². The molecule has 1 atom stereocenters. The van der Waals surface area contributed by atoms with E-state index in [2.05, 4.69) is 10.0 Å². The lowest BCUT2D eigenvalue weighted by Gasteiger charge is -2.23. The molecule has 24 heavy (non-hydrogen) atoms. The topological polar surface area (TPSA) is 95.5 Å². The summed E-state index contributed by atoms with van der Waals surface area (Å²) in [6.45, 7) is 3.94. The first-order valence-electron chi connectivity index (χ1n) is 8.49. The van der Waals surface area contributed by atoms with Crippen molar-refractivity contribution in [3.8, 4) is 0 Å². The zero-order chi connectivity index (χ0) is 17.7. The van der Waals surface area contributed by atoms with E-state index in [-0.39, 0.29) is 22.5 Å². The zero-order valence-electron chi connectivity index (χ0n) is 14.2. The molecule has 0 aliphatic heterocycles. The molecule has 0 aromatic heterocycles. The molecule has 1 fully saturated rings. The van der Waals surface area contributed by atoms with Gasteiger partial charge in [-0.3, -0.25) is 0 Å². The number of rotatable bonds is 7. The van der Waals surface area contributed by atoms with Gasteiger partial charge in [0.25, 0.3) is 0 Å². The lowest BCUT2D eigenvalue weighted by atomic mass is 9.96. The van der Waals surface area contributed by atoms with Gasteiger partial charge in [-0.25, -0.2) is 17.9 Å². The normalized spacial score (nSPS) is 17.4. The van der Waals surface area contributed by atoms with Gasteiger partial charge in [-0.2, -0.15) is 0 Å². The molecule has 134 valence electrons. The van der Waals surface area contributed by atoms with E-state index in [9.17, 15) is 18.3 Å². The summed E-state index contributed by atoms with van der Waals surface area (Å²) in [5, 5.41) is 12.5. The Balaban J connectivity index is 2.26. The van der Waals surface area contributed by atoms with Gasteiger partial charge in [0, 0.05) is 17.8 Å². The quantitative estimate of drug-likeness (QED) is 0.699. The van der Waals surface area contributed by atoms with Crippen LogP contribution in [-0.4, -0.2) is 31.6 Å². The van der Waals surface area contributed by atoms with Crippen molar-refractivity contribution in [2.45, 2.75) is 69.4 Å². The Kier molecular flexibility index (Phi) is 6.23. The summed E-state index contributed by atoms with van der Waals surface area (Å²) >= 11 is 0. The number of benzene rings is 1. The van der Waals surface area contributed by atoms with Crippen LogP contribution in [0.2, 0.25) is 0 Å². The number of carboxylic acids is 1. The Bertz CT molecular complexity index is 682. The van der Waals surface area contributed by atoms with Crippen molar-refractivity contribution in [2.24, 2.45) is 0 Å². The maximum atomic E-state index is 12.5. The third-order valence-corrected chi connectivity index (χ3v) is 5.99. The summed E-state index contributed by atoms with van der Waals surface area (Å²) in [5.74, 6) is -1.14. The van der Waals surface area contributed by atoms with Crippen LogP contribution in [0.4, 0.5) is 5.69 Å². The van der Waals surface area contributed by atoms with E-state index in [1.807, 2.05) is 13.8 Å². The molecule has 3 N–H and O–H groups in total. The number of carbonyl (C=O) groups is 1. The van der Waals surface area contributed by atoms with E-state index in [1.165, 1.54) is 18.2 Å². The summed E-state index contributed by atoms with van der Waals surface area (Å²) < 4.78 is 27.8. The average molecular weight is 354 g/mol. The number of hydrogen-bond donors (Lipinski definition) is 3. The molecule has 0 unspecified atom stereocenters. The van der Waals surface area contributed by atoms with Crippen LogP contribution in [-0.2, 0) is 10.0 Å². The van der Waals surface area contributed by atoms with Crippen LogP contribution in [0.15, 0.2) is 23.1 Å². The second-order valence-corrected chi connectivity index (χ2v) is 8.14. The van der Waals surface area contributed by atoms with Crippen molar-refractivity contribution in [3.05, 3.63) is 23.8 Å². The van der Waals surface area contributed by atoms with Crippen LogP contribution in [0.5, 0.6) is 0 Å². The predicted octanol–water partition coefficient (Wildman–Crippen LogP) is 3.21. The summed E-state index contributed by atoms with van der Waals surface area (Å²) in [6.07, 6.45) is 5.67. The molecule has 0 heterocycles. The van der Waals surface area contributed by atoms with Gasteiger partial charge >= 0.3 is 5.97 Å². The van der Waals surface area contributed by atoms with E-state index in [0.717, 1.165) is 38.5 Å². The number of anilines is 1. The first-order chi connectivity index (χ1) is 11.3. The molecule has 0 amide bonds. The molecule has 2 rings (SSSR count). The van der Waals surface area contributed by atoms with Crippen LogP contribution in [0.1, 0.15) is 62.7 Å². The zero-order valence-corrected chi connectivity index (χ0v) is 15.0. The highest BCUT2D eigenvalue weighted by Crippen LogP contribution is 2.24. The molecule has 0 saturated heterocycles. The summed E-state index contributed by atoms with van der Waals surface area (Å²) in [6, 6.07) is 4.27. The van der Waals surface area contributed by atoms with E-state index >= 15 is 0 Å². The van der Waals surface area contributed by atoms with Crippen molar-refractivity contribution in [1.82, 2.24) is 4.72 Å². The first-order valence-corrected chi connectivity index (χ1v) is 9.98. The fraction of sp³-hybridized carbons (Fsp3) is 0.588. The second-order valence-electron chi connectivity index (χ2n) is 6.42. The van der Waals surface area contributed by atoms with Crippen LogP contribution < -0.4 is 10.0 Å². The summed E-state index contributed by atoms with van der Waals surface area (Å²) in [4.78, 5) is 11.5. The molecule has 1 aliphatic rings. The van der Waals surface area contributed by atoms with Crippen molar-refractivity contribution < 1.29 is 18.3 Å². The van der Waals surface area contributed by atoms with Gasteiger partial charge in [-0.05, 0) is 44.4 Å². The van der Waals surface area contributed by atoms with Gasteiger partial charge in [0.1, 0.15) is 0 Å². The highest BCUT2D eigenvalue weighted by molar-refractivity contribution is 7.89. The fourth-order valence-corrected chi connectivity index (χ4v) is 4.20.